The summed E-state index contributed by atoms with van der Waals surface area (Å²) in [5, 5.41) is 22.8. The SMILES string of the molecule is CCC(Sc1nc(N)c(C#N)c(-c2ccccc2)c1C#N)C(=O)Nc1cc(C)c(Cl)cc1OC. The lowest BCUT2D eigenvalue weighted by atomic mass is 9.97. The Morgan fingerprint density at radius 1 is 1.24 bits per heavy atom. The molecular formula is C25H22ClN5O2S. The van der Waals surface area contributed by atoms with Crippen LogP contribution >= 0.6 is 23.4 Å². The van der Waals surface area contributed by atoms with Gasteiger partial charge < -0.3 is 15.8 Å². The number of anilines is 2. The fourth-order valence-electron chi connectivity index (χ4n) is 3.38. The number of nitrogens with zero attached hydrogens (tertiary/aromatic N) is 3. The lowest BCUT2D eigenvalue weighted by Crippen LogP contribution is -2.25. The monoisotopic (exact) mass is 491 g/mol. The van der Waals surface area contributed by atoms with Gasteiger partial charge in [-0.15, -0.1) is 0 Å². The standard InChI is InChI=1S/C25H22ClN5O2S/c1-4-21(24(32)30-19-10-14(2)18(26)11-20(19)33-3)34-25-17(13-28)22(15-8-6-5-7-9-15)16(12-27)23(29)31-25/h5-11,21H,4H2,1-3H3,(H2,29,31)(H,30,32). The summed E-state index contributed by atoms with van der Waals surface area (Å²) < 4.78 is 5.35. The molecule has 7 nitrogen and oxygen atoms in total. The van der Waals surface area contributed by atoms with Crippen LogP contribution in [0.5, 0.6) is 5.75 Å². The second kappa shape index (κ2) is 10.9. The second-order valence-corrected chi connectivity index (χ2v) is 8.92. The van der Waals surface area contributed by atoms with Gasteiger partial charge in [0.25, 0.3) is 0 Å². The van der Waals surface area contributed by atoms with Gasteiger partial charge in [0.1, 0.15) is 34.3 Å². The minimum Gasteiger partial charge on any atom is -0.495 e. The van der Waals surface area contributed by atoms with Crippen LogP contribution in [0.2, 0.25) is 5.02 Å². The van der Waals surface area contributed by atoms with E-state index in [0.717, 1.165) is 17.3 Å². The highest BCUT2D eigenvalue weighted by molar-refractivity contribution is 8.00. The van der Waals surface area contributed by atoms with Gasteiger partial charge in [-0.1, -0.05) is 60.6 Å². The topological polar surface area (TPSA) is 125 Å². The van der Waals surface area contributed by atoms with Gasteiger partial charge in [-0.3, -0.25) is 4.79 Å². The molecule has 0 aliphatic heterocycles. The summed E-state index contributed by atoms with van der Waals surface area (Å²) in [4.78, 5) is 17.5. The molecule has 3 rings (SSSR count). The molecular weight excluding hydrogens is 470 g/mol. The zero-order valence-corrected chi connectivity index (χ0v) is 20.4. The zero-order valence-electron chi connectivity index (χ0n) is 18.8. The Hall–Kier alpha value is -3.72. The smallest absolute Gasteiger partial charge is 0.238 e. The van der Waals surface area contributed by atoms with E-state index in [1.807, 2.05) is 32.0 Å². The van der Waals surface area contributed by atoms with Crippen LogP contribution in [0.25, 0.3) is 11.1 Å². The van der Waals surface area contributed by atoms with Crippen molar-refractivity contribution < 1.29 is 9.53 Å². The van der Waals surface area contributed by atoms with Crippen LogP contribution in [0.1, 0.15) is 30.0 Å². The molecule has 1 amide bonds. The van der Waals surface area contributed by atoms with Crippen molar-refractivity contribution in [3.63, 3.8) is 0 Å². The van der Waals surface area contributed by atoms with Gasteiger partial charge in [0, 0.05) is 16.7 Å². The number of aryl methyl sites for hydroxylation is 1. The van der Waals surface area contributed by atoms with Crippen LogP contribution in [0.3, 0.4) is 0 Å². The number of nitrogen functional groups attached to an aromatic ring is 1. The summed E-state index contributed by atoms with van der Waals surface area (Å²) in [5.41, 5.74) is 8.79. The summed E-state index contributed by atoms with van der Waals surface area (Å²) in [6.07, 6.45) is 0.457. The van der Waals surface area contributed by atoms with E-state index in [1.165, 1.54) is 7.11 Å². The van der Waals surface area contributed by atoms with Crippen molar-refractivity contribution in [2.45, 2.75) is 30.5 Å². The molecule has 0 fully saturated rings. The molecule has 0 spiro atoms. The van der Waals surface area contributed by atoms with Crippen molar-refractivity contribution in [3.05, 3.63) is 64.2 Å². The summed E-state index contributed by atoms with van der Waals surface area (Å²) in [6.45, 7) is 3.69. The first-order valence-corrected chi connectivity index (χ1v) is 11.6. The van der Waals surface area contributed by atoms with Crippen LogP contribution in [-0.4, -0.2) is 23.3 Å². The average Bonchev–Trinajstić information content (AvgIpc) is 2.84. The fraction of sp³-hybridized carbons (Fsp3) is 0.200. The van der Waals surface area contributed by atoms with Gasteiger partial charge in [-0.25, -0.2) is 4.98 Å². The number of halogens is 1. The van der Waals surface area contributed by atoms with Gasteiger partial charge >= 0.3 is 0 Å². The first kappa shape index (κ1) is 24.9. The van der Waals surface area contributed by atoms with Gasteiger partial charge in [-0.2, -0.15) is 10.5 Å². The van der Waals surface area contributed by atoms with Crippen LogP contribution in [0.4, 0.5) is 11.5 Å². The lowest BCUT2D eigenvalue weighted by molar-refractivity contribution is -0.115. The van der Waals surface area contributed by atoms with Crippen LogP contribution in [0.15, 0.2) is 47.5 Å². The molecule has 172 valence electrons. The van der Waals surface area contributed by atoms with Gasteiger partial charge in [0.05, 0.1) is 23.6 Å². The molecule has 3 aromatic rings. The maximum absolute atomic E-state index is 13.2. The van der Waals surface area contributed by atoms with Gasteiger partial charge in [0.15, 0.2) is 0 Å². The highest BCUT2D eigenvalue weighted by Crippen LogP contribution is 2.38. The minimum absolute atomic E-state index is 0.00751. The van der Waals surface area contributed by atoms with Crippen molar-refractivity contribution in [1.82, 2.24) is 4.98 Å². The van der Waals surface area contributed by atoms with Gasteiger partial charge in [0.2, 0.25) is 5.91 Å². The summed E-state index contributed by atoms with van der Waals surface area (Å²) >= 11 is 7.29. The molecule has 0 aliphatic carbocycles. The van der Waals surface area contributed by atoms with Crippen LogP contribution in [-0.2, 0) is 4.79 Å². The molecule has 2 aromatic carbocycles. The highest BCUT2D eigenvalue weighted by atomic mass is 35.5. The van der Waals surface area contributed by atoms with E-state index in [4.69, 9.17) is 22.1 Å². The number of aromatic nitrogens is 1. The number of carbonyl (C=O) groups is 1. The van der Waals surface area contributed by atoms with Crippen molar-refractivity contribution in [1.29, 1.82) is 10.5 Å². The number of nitriles is 2. The number of rotatable bonds is 7. The van der Waals surface area contributed by atoms with Crippen LogP contribution < -0.4 is 15.8 Å². The summed E-state index contributed by atoms with van der Waals surface area (Å²) in [7, 11) is 1.50. The minimum atomic E-state index is -0.587. The first-order valence-electron chi connectivity index (χ1n) is 10.3. The van der Waals surface area contributed by atoms with Crippen molar-refractivity contribution >= 4 is 40.8 Å². The third-order valence-electron chi connectivity index (χ3n) is 5.13. The molecule has 1 atom stereocenters. The van der Waals surface area contributed by atoms with Crippen molar-refractivity contribution in [3.8, 4) is 29.0 Å². The third kappa shape index (κ3) is 5.09. The maximum Gasteiger partial charge on any atom is 0.238 e. The number of hydrogen-bond donors (Lipinski definition) is 2. The zero-order chi connectivity index (χ0) is 24.8. The van der Waals surface area contributed by atoms with E-state index >= 15 is 0 Å². The number of ether oxygens (including phenoxy) is 1. The number of pyridine rings is 1. The quantitative estimate of drug-likeness (QED) is 0.415. The third-order valence-corrected chi connectivity index (χ3v) is 6.89. The Labute approximate surface area is 207 Å². The maximum atomic E-state index is 13.2. The normalized spacial score (nSPS) is 11.2. The van der Waals surface area contributed by atoms with E-state index in [2.05, 4.69) is 22.4 Å². The number of hydrogen-bond acceptors (Lipinski definition) is 7. The Kier molecular flexibility index (Phi) is 8.01. The molecule has 9 heteroatoms. The average molecular weight is 492 g/mol. The molecule has 1 aromatic heterocycles. The van der Waals surface area contributed by atoms with E-state index in [1.54, 1.807) is 24.3 Å². The lowest BCUT2D eigenvalue weighted by Gasteiger charge is -2.19. The molecule has 3 N–H and O–H groups in total. The molecule has 1 unspecified atom stereocenters. The number of carbonyl (C=O) groups excluding carboxylic acids is 1. The molecule has 0 bridgehead atoms. The molecule has 0 saturated carbocycles. The number of methoxy groups -OCH3 is 1. The van der Waals surface area contributed by atoms with Crippen LogP contribution in [0, 0.1) is 29.6 Å². The number of nitrogens with two attached hydrogens (primary N) is 1. The Morgan fingerprint density at radius 3 is 2.50 bits per heavy atom. The van der Waals surface area contributed by atoms with E-state index in [9.17, 15) is 15.3 Å². The van der Waals surface area contributed by atoms with E-state index < -0.39 is 5.25 Å². The largest absolute Gasteiger partial charge is 0.495 e. The first-order chi connectivity index (χ1) is 16.3. The predicted molar refractivity (Wildman–Crippen MR) is 135 cm³/mol. The van der Waals surface area contributed by atoms with Gasteiger partial charge in [-0.05, 0) is 30.5 Å². The highest BCUT2D eigenvalue weighted by Gasteiger charge is 2.26. The van der Waals surface area contributed by atoms with E-state index in [-0.39, 0.29) is 22.9 Å². The second-order valence-electron chi connectivity index (χ2n) is 7.32. The molecule has 0 radical (unpaired) electrons. The summed E-state index contributed by atoms with van der Waals surface area (Å²) in [5.74, 6) is 0.157. The van der Waals surface area contributed by atoms with Crippen molar-refractivity contribution in [2.24, 2.45) is 0 Å². The number of nitrogens with one attached hydrogen (secondary N) is 1. The fourth-order valence-corrected chi connectivity index (χ4v) is 4.55. The Morgan fingerprint density at radius 2 is 1.91 bits per heavy atom. The molecule has 0 saturated heterocycles. The van der Waals surface area contributed by atoms with Crippen molar-refractivity contribution in [2.75, 3.05) is 18.2 Å². The number of thioether (sulfide) groups is 1. The Bertz CT molecular complexity index is 1320. The number of benzene rings is 2. The predicted octanol–water partition coefficient (Wildman–Crippen LogP) is 5.55. The van der Waals surface area contributed by atoms with E-state index in [0.29, 0.717) is 39.0 Å². The summed E-state index contributed by atoms with van der Waals surface area (Å²) in [6, 6.07) is 16.6. The molecule has 1 heterocycles. The Balaban J connectivity index is 2.00. The number of amides is 1. The molecule has 34 heavy (non-hydrogen) atoms. The molecule has 0 aliphatic rings.